The number of aliphatic hydroxyl groups is 2. The fourth-order valence-corrected chi connectivity index (χ4v) is 1.38. The maximum absolute atomic E-state index is 9.35. The molecule has 2 atom stereocenters. The van der Waals surface area contributed by atoms with E-state index in [0.29, 0.717) is 0 Å². The van der Waals surface area contributed by atoms with Crippen molar-refractivity contribution in [3.8, 4) is 0 Å². The van der Waals surface area contributed by atoms with Crippen LogP contribution in [-0.4, -0.2) is 60.2 Å². The van der Waals surface area contributed by atoms with Gasteiger partial charge in [0.15, 0.2) is 0 Å². The normalized spacial score (nSPS) is 25.2. The van der Waals surface area contributed by atoms with Gasteiger partial charge in [-0.2, -0.15) is 0 Å². The van der Waals surface area contributed by atoms with Crippen LogP contribution in [0.15, 0.2) is 0 Å². The summed E-state index contributed by atoms with van der Waals surface area (Å²) >= 11 is 0. The van der Waals surface area contributed by atoms with Gasteiger partial charge in [0, 0.05) is 19.1 Å². The molecule has 0 saturated carbocycles. The lowest BCUT2D eigenvalue weighted by atomic mass is 10.1. The molecule has 0 amide bonds. The first-order chi connectivity index (χ1) is 5.75. The Bertz CT molecular complexity index is 125. The lowest BCUT2D eigenvalue weighted by molar-refractivity contribution is -0.0305. The van der Waals surface area contributed by atoms with Gasteiger partial charge in [-0.05, 0) is 6.92 Å². The molecule has 1 rings (SSSR count). The third kappa shape index (κ3) is 2.42. The van der Waals surface area contributed by atoms with Crippen LogP contribution in [0.4, 0.5) is 0 Å². The molecule has 0 aromatic rings. The number of rotatable bonds is 3. The molecule has 1 saturated heterocycles. The Morgan fingerprint density at radius 3 is 2.50 bits per heavy atom. The second-order valence-corrected chi connectivity index (χ2v) is 3.14. The van der Waals surface area contributed by atoms with Gasteiger partial charge in [0.1, 0.15) is 0 Å². The van der Waals surface area contributed by atoms with E-state index in [1.807, 2.05) is 6.92 Å². The predicted molar refractivity (Wildman–Crippen MR) is 44.9 cm³/mol. The van der Waals surface area contributed by atoms with E-state index in [1.54, 1.807) is 0 Å². The minimum atomic E-state index is -0.636. The fraction of sp³-hybridized carbons (Fsp3) is 1.00. The maximum atomic E-state index is 9.35. The summed E-state index contributed by atoms with van der Waals surface area (Å²) in [6.45, 7) is 4.90. The van der Waals surface area contributed by atoms with Crippen LogP contribution in [-0.2, 0) is 4.74 Å². The van der Waals surface area contributed by atoms with Gasteiger partial charge in [0.2, 0.25) is 0 Å². The third-order valence-electron chi connectivity index (χ3n) is 2.37. The molecule has 2 unspecified atom stereocenters. The van der Waals surface area contributed by atoms with Crippen LogP contribution in [0.5, 0.6) is 0 Å². The molecule has 72 valence electrons. The van der Waals surface area contributed by atoms with Gasteiger partial charge in [-0.15, -0.1) is 0 Å². The first-order valence-corrected chi connectivity index (χ1v) is 4.36. The summed E-state index contributed by atoms with van der Waals surface area (Å²) in [6, 6.07) is 0.0268. The van der Waals surface area contributed by atoms with E-state index in [4.69, 9.17) is 9.84 Å². The van der Waals surface area contributed by atoms with Crippen molar-refractivity contribution in [2.45, 2.75) is 19.1 Å². The van der Waals surface area contributed by atoms with Crippen molar-refractivity contribution in [1.29, 1.82) is 0 Å². The molecule has 12 heavy (non-hydrogen) atoms. The Hall–Kier alpha value is -0.160. The Morgan fingerprint density at radius 2 is 2.00 bits per heavy atom. The average Bonchev–Trinajstić information content (AvgIpc) is 2.17. The number of ether oxygens (including phenoxy) is 1. The second kappa shape index (κ2) is 4.77. The van der Waals surface area contributed by atoms with Crippen LogP contribution in [0.3, 0.4) is 0 Å². The van der Waals surface area contributed by atoms with Gasteiger partial charge in [-0.3, -0.25) is 4.90 Å². The van der Waals surface area contributed by atoms with Gasteiger partial charge in [-0.25, -0.2) is 0 Å². The summed E-state index contributed by atoms with van der Waals surface area (Å²) < 4.78 is 5.18. The van der Waals surface area contributed by atoms with E-state index in [1.165, 1.54) is 0 Å². The van der Waals surface area contributed by atoms with Crippen LogP contribution < -0.4 is 0 Å². The van der Waals surface area contributed by atoms with Crippen molar-refractivity contribution in [1.82, 2.24) is 4.90 Å². The molecule has 4 nitrogen and oxygen atoms in total. The highest BCUT2D eigenvalue weighted by Crippen LogP contribution is 2.06. The van der Waals surface area contributed by atoms with E-state index in [0.717, 1.165) is 26.3 Å². The molecule has 0 bridgehead atoms. The molecule has 1 aliphatic rings. The highest BCUT2D eigenvalue weighted by molar-refractivity contribution is 4.75. The fourth-order valence-electron chi connectivity index (χ4n) is 1.38. The van der Waals surface area contributed by atoms with E-state index >= 15 is 0 Å². The molecule has 1 fully saturated rings. The van der Waals surface area contributed by atoms with E-state index in [9.17, 15) is 5.11 Å². The van der Waals surface area contributed by atoms with Crippen molar-refractivity contribution in [3.05, 3.63) is 0 Å². The molecule has 0 aromatic heterocycles. The Morgan fingerprint density at radius 1 is 1.42 bits per heavy atom. The van der Waals surface area contributed by atoms with Gasteiger partial charge in [0.25, 0.3) is 0 Å². The standard InChI is InChI=1S/C8H17NO3/c1-7(8(11)6-10)9-2-4-12-5-3-9/h7-8,10-11H,2-6H2,1H3. The number of hydrogen-bond donors (Lipinski definition) is 2. The zero-order valence-electron chi connectivity index (χ0n) is 7.44. The topological polar surface area (TPSA) is 52.9 Å². The van der Waals surface area contributed by atoms with Crippen molar-refractivity contribution < 1.29 is 14.9 Å². The lowest BCUT2D eigenvalue weighted by Crippen LogP contribution is -2.48. The Kier molecular flexibility index (Phi) is 3.94. The highest BCUT2D eigenvalue weighted by atomic mass is 16.5. The van der Waals surface area contributed by atoms with E-state index in [-0.39, 0.29) is 12.6 Å². The summed E-state index contributed by atoms with van der Waals surface area (Å²) in [5.74, 6) is 0. The van der Waals surface area contributed by atoms with Gasteiger partial charge in [-0.1, -0.05) is 0 Å². The van der Waals surface area contributed by atoms with E-state index in [2.05, 4.69) is 4.90 Å². The number of morpholine rings is 1. The van der Waals surface area contributed by atoms with E-state index < -0.39 is 6.10 Å². The van der Waals surface area contributed by atoms with Crippen molar-refractivity contribution >= 4 is 0 Å². The van der Waals surface area contributed by atoms with Crippen molar-refractivity contribution in [3.63, 3.8) is 0 Å². The first kappa shape index (κ1) is 9.92. The second-order valence-electron chi connectivity index (χ2n) is 3.14. The molecule has 0 radical (unpaired) electrons. The van der Waals surface area contributed by atoms with Gasteiger partial charge in [0.05, 0.1) is 25.9 Å². The highest BCUT2D eigenvalue weighted by Gasteiger charge is 2.22. The molecule has 2 N–H and O–H groups in total. The number of nitrogens with zero attached hydrogens (tertiary/aromatic N) is 1. The summed E-state index contributed by atoms with van der Waals surface area (Å²) in [5, 5.41) is 18.1. The molecule has 0 aromatic carbocycles. The van der Waals surface area contributed by atoms with Gasteiger partial charge < -0.3 is 14.9 Å². The monoisotopic (exact) mass is 175 g/mol. The average molecular weight is 175 g/mol. The number of aliphatic hydroxyl groups excluding tert-OH is 2. The summed E-state index contributed by atoms with van der Waals surface area (Å²) in [7, 11) is 0. The van der Waals surface area contributed by atoms with Crippen LogP contribution in [0.1, 0.15) is 6.92 Å². The van der Waals surface area contributed by atoms with Crippen LogP contribution in [0, 0.1) is 0 Å². The van der Waals surface area contributed by atoms with Crippen molar-refractivity contribution in [2.24, 2.45) is 0 Å². The minimum absolute atomic E-state index is 0.0268. The molecule has 1 aliphatic heterocycles. The van der Waals surface area contributed by atoms with Gasteiger partial charge >= 0.3 is 0 Å². The van der Waals surface area contributed by atoms with Crippen LogP contribution in [0.2, 0.25) is 0 Å². The zero-order valence-corrected chi connectivity index (χ0v) is 7.44. The molecule has 0 aliphatic carbocycles. The third-order valence-corrected chi connectivity index (χ3v) is 2.37. The Balaban J connectivity index is 2.33. The first-order valence-electron chi connectivity index (χ1n) is 4.36. The molecular weight excluding hydrogens is 158 g/mol. The lowest BCUT2D eigenvalue weighted by Gasteiger charge is -2.34. The maximum Gasteiger partial charge on any atom is 0.0922 e. The predicted octanol–water partition coefficient (Wildman–Crippen LogP) is -0.940. The molecule has 1 heterocycles. The number of hydrogen-bond acceptors (Lipinski definition) is 4. The largest absolute Gasteiger partial charge is 0.394 e. The quantitative estimate of drug-likeness (QED) is 0.581. The Labute approximate surface area is 72.7 Å². The molecule has 4 heteroatoms. The van der Waals surface area contributed by atoms with Crippen molar-refractivity contribution in [2.75, 3.05) is 32.9 Å². The SMILES string of the molecule is CC(C(O)CO)N1CCOCC1. The summed E-state index contributed by atoms with van der Waals surface area (Å²) in [4.78, 5) is 2.13. The summed E-state index contributed by atoms with van der Waals surface area (Å²) in [5.41, 5.74) is 0. The van der Waals surface area contributed by atoms with Crippen LogP contribution >= 0.6 is 0 Å². The van der Waals surface area contributed by atoms with Crippen LogP contribution in [0.25, 0.3) is 0 Å². The molecule has 0 spiro atoms. The molecular formula is C8H17NO3. The smallest absolute Gasteiger partial charge is 0.0922 e. The summed E-state index contributed by atoms with van der Waals surface area (Å²) in [6.07, 6.45) is -0.636. The minimum Gasteiger partial charge on any atom is -0.394 e. The zero-order chi connectivity index (χ0) is 8.97.